The molecular formula is C36H50F6O4Si2. The van der Waals surface area contributed by atoms with Crippen LogP contribution in [0.3, 0.4) is 0 Å². The molecule has 0 aromatic heterocycles. The van der Waals surface area contributed by atoms with Crippen LogP contribution in [-0.4, -0.2) is 39.7 Å². The van der Waals surface area contributed by atoms with Gasteiger partial charge in [0.25, 0.3) is 0 Å². The van der Waals surface area contributed by atoms with Crippen LogP contribution in [-0.2, 0) is 28.7 Å². The molecule has 0 heterocycles. The smallest absolute Gasteiger partial charge is 0.438 e. The molecule has 0 bridgehead atoms. The van der Waals surface area contributed by atoms with Gasteiger partial charge >= 0.3 is 18.0 Å². The lowest BCUT2D eigenvalue weighted by Gasteiger charge is -2.37. The van der Waals surface area contributed by atoms with Gasteiger partial charge in [0.05, 0.1) is 13.2 Å². The molecule has 0 aliphatic rings. The van der Waals surface area contributed by atoms with Crippen molar-refractivity contribution in [2.45, 2.75) is 129 Å². The molecule has 2 aromatic carbocycles. The van der Waals surface area contributed by atoms with E-state index in [0.29, 0.717) is 30.1 Å². The molecule has 0 spiro atoms. The summed E-state index contributed by atoms with van der Waals surface area (Å²) in [7, 11) is -4.06. The SMILES string of the molecule is CCC(=CC#CC(O)(C(F)(F)F)C(F)(F)F)c1cccc(OCc2ccc(CO[Si](C)(C)C(C)(C)C)c(CO[Si](C)(C)C(C)(C)C)c2)c1. The second-order valence-corrected chi connectivity index (χ2v) is 24.6. The van der Waals surface area contributed by atoms with Gasteiger partial charge in [-0.2, -0.15) is 26.3 Å². The van der Waals surface area contributed by atoms with Gasteiger partial charge in [-0.05, 0) is 101 Å². The molecule has 0 amide bonds. The van der Waals surface area contributed by atoms with Crippen LogP contribution in [0.25, 0.3) is 5.57 Å². The highest BCUT2D eigenvalue weighted by molar-refractivity contribution is 6.74. The maximum absolute atomic E-state index is 13.0. The van der Waals surface area contributed by atoms with Crippen molar-refractivity contribution < 1.29 is 45.0 Å². The van der Waals surface area contributed by atoms with Crippen LogP contribution in [0.1, 0.15) is 77.1 Å². The first kappa shape index (κ1) is 41.6. The molecule has 0 aliphatic carbocycles. The first-order valence-electron chi connectivity index (χ1n) is 15.8. The standard InChI is InChI=1S/C36H50F6O4Si2/c1-12-27(16-14-20-34(43,35(37,38)39)36(40,41)42)28-15-13-17-31(22-28)44-23-26-18-19-29(24-45-47(8,9)32(2,3)4)30(21-26)25-46-48(10,11)33(5,6)7/h13,15-19,21-22,43H,12,23-25H2,1-11H3. The van der Waals surface area contributed by atoms with E-state index in [2.05, 4.69) is 73.8 Å². The van der Waals surface area contributed by atoms with Gasteiger partial charge in [-0.25, -0.2) is 0 Å². The lowest BCUT2D eigenvalue weighted by Crippen LogP contribution is -2.55. The molecule has 268 valence electrons. The Kier molecular flexibility index (Phi) is 13.1. The number of hydrogen-bond donors (Lipinski definition) is 1. The molecule has 12 heteroatoms. The summed E-state index contributed by atoms with van der Waals surface area (Å²) in [5.74, 6) is 3.19. The summed E-state index contributed by atoms with van der Waals surface area (Å²) in [4.78, 5) is 0. The number of alkyl halides is 6. The molecule has 1 N–H and O–H groups in total. The van der Waals surface area contributed by atoms with E-state index in [4.69, 9.17) is 13.6 Å². The van der Waals surface area contributed by atoms with Gasteiger partial charge in [-0.3, -0.25) is 0 Å². The fraction of sp³-hybridized carbons (Fsp3) is 0.556. The number of ether oxygens (including phenoxy) is 1. The Balaban J connectivity index is 2.35. The van der Waals surface area contributed by atoms with E-state index in [0.717, 1.165) is 28.7 Å². The van der Waals surface area contributed by atoms with Crippen LogP contribution in [0.2, 0.25) is 36.3 Å². The van der Waals surface area contributed by atoms with Crippen LogP contribution >= 0.6 is 0 Å². The van der Waals surface area contributed by atoms with E-state index in [1.807, 2.05) is 12.1 Å². The average molecular weight is 717 g/mol. The van der Waals surface area contributed by atoms with E-state index in [-0.39, 0.29) is 23.1 Å². The van der Waals surface area contributed by atoms with Crippen molar-refractivity contribution >= 4 is 22.2 Å². The summed E-state index contributed by atoms with van der Waals surface area (Å²) in [5, 5.41) is 9.41. The molecule has 2 rings (SSSR count). The minimum atomic E-state index is -6.01. The number of halogens is 6. The second kappa shape index (κ2) is 15.1. The minimum absolute atomic E-state index is 0.0335. The highest BCUT2D eigenvalue weighted by Gasteiger charge is 2.70. The van der Waals surface area contributed by atoms with Gasteiger partial charge in [0.15, 0.2) is 16.6 Å². The van der Waals surface area contributed by atoms with E-state index in [9.17, 15) is 31.4 Å². The van der Waals surface area contributed by atoms with Gasteiger partial charge in [-0.1, -0.05) is 78.7 Å². The van der Waals surface area contributed by atoms with Crippen LogP contribution < -0.4 is 4.74 Å². The van der Waals surface area contributed by atoms with Crippen LogP contribution in [0.15, 0.2) is 48.5 Å². The largest absolute Gasteiger partial charge is 0.489 e. The summed E-state index contributed by atoms with van der Waals surface area (Å²) in [6, 6.07) is 12.7. The summed E-state index contributed by atoms with van der Waals surface area (Å²) < 4.78 is 97.2. The van der Waals surface area contributed by atoms with E-state index < -0.39 is 34.6 Å². The molecule has 48 heavy (non-hydrogen) atoms. The summed E-state index contributed by atoms with van der Waals surface area (Å²) >= 11 is 0. The third-order valence-electron chi connectivity index (χ3n) is 9.37. The fourth-order valence-corrected chi connectivity index (χ4v) is 5.76. The molecule has 0 aliphatic heterocycles. The Bertz CT molecular complexity index is 1470. The van der Waals surface area contributed by atoms with E-state index in [1.54, 1.807) is 37.1 Å². The van der Waals surface area contributed by atoms with Crippen molar-refractivity contribution in [1.82, 2.24) is 0 Å². The van der Waals surface area contributed by atoms with Crippen molar-refractivity contribution in [2.24, 2.45) is 0 Å². The van der Waals surface area contributed by atoms with Crippen molar-refractivity contribution in [3.63, 3.8) is 0 Å². The van der Waals surface area contributed by atoms with Crippen LogP contribution in [0.4, 0.5) is 26.3 Å². The molecule has 0 saturated heterocycles. The number of rotatable bonds is 11. The summed E-state index contributed by atoms with van der Waals surface area (Å²) in [5.41, 5.74) is -1.31. The Hall–Kier alpha value is -2.57. The van der Waals surface area contributed by atoms with Crippen molar-refractivity contribution in [1.29, 1.82) is 0 Å². The highest BCUT2D eigenvalue weighted by Crippen LogP contribution is 2.43. The minimum Gasteiger partial charge on any atom is -0.489 e. The lowest BCUT2D eigenvalue weighted by atomic mass is 10.0. The Labute approximate surface area is 284 Å². The predicted molar refractivity (Wildman–Crippen MR) is 184 cm³/mol. The third-order valence-corrected chi connectivity index (χ3v) is 18.3. The van der Waals surface area contributed by atoms with Gasteiger partial charge in [0.1, 0.15) is 12.4 Å². The quantitative estimate of drug-likeness (QED) is 0.143. The number of allylic oxidation sites excluding steroid dienone is 2. The Morgan fingerprint density at radius 3 is 1.75 bits per heavy atom. The zero-order valence-electron chi connectivity index (χ0n) is 29.9. The molecule has 2 aromatic rings. The maximum Gasteiger partial charge on any atom is 0.438 e. The molecule has 0 fully saturated rings. The monoisotopic (exact) mass is 716 g/mol. The molecule has 4 nitrogen and oxygen atoms in total. The van der Waals surface area contributed by atoms with E-state index >= 15 is 0 Å². The summed E-state index contributed by atoms with van der Waals surface area (Å²) in [6.45, 7) is 24.8. The average Bonchev–Trinajstić information content (AvgIpc) is 2.94. The topological polar surface area (TPSA) is 47.9 Å². The van der Waals surface area contributed by atoms with Gasteiger partial charge < -0.3 is 18.7 Å². The molecule has 0 saturated carbocycles. The third kappa shape index (κ3) is 10.5. The second-order valence-electron chi connectivity index (χ2n) is 15.0. The first-order valence-corrected chi connectivity index (χ1v) is 21.7. The van der Waals surface area contributed by atoms with Crippen molar-refractivity contribution in [3.8, 4) is 17.6 Å². The van der Waals surface area contributed by atoms with Gasteiger partial charge in [0.2, 0.25) is 0 Å². The number of aliphatic hydroxyl groups is 1. The number of benzene rings is 2. The normalized spacial score (nSPS) is 14.1. The summed E-state index contributed by atoms with van der Waals surface area (Å²) in [6.07, 6.45) is -10.8. The fourth-order valence-electron chi connectivity index (χ4n) is 3.87. The van der Waals surface area contributed by atoms with Crippen molar-refractivity contribution in [3.05, 3.63) is 70.8 Å². The lowest BCUT2D eigenvalue weighted by molar-refractivity contribution is -0.343. The maximum atomic E-state index is 13.0. The first-order chi connectivity index (χ1) is 21.6. The molecular weight excluding hydrogens is 667 g/mol. The molecule has 0 radical (unpaired) electrons. The van der Waals surface area contributed by atoms with Gasteiger partial charge in [0, 0.05) is 0 Å². The van der Waals surface area contributed by atoms with Crippen molar-refractivity contribution in [2.75, 3.05) is 0 Å². The van der Waals surface area contributed by atoms with Crippen LogP contribution in [0, 0.1) is 11.8 Å². The Morgan fingerprint density at radius 2 is 1.27 bits per heavy atom. The van der Waals surface area contributed by atoms with Crippen LogP contribution in [0.5, 0.6) is 5.75 Å². The predicted octanol–water partition coefficient (Wildman–Crippen LogP) is 11.0. The molecule has 0 unspecified atom stereocenters. The zero-order chi connectivity index (χ0) is 37.0. The van der Waals surface area contributed by atoms with Gasteiger partial charge in [-0.15, -0.1) is 0 Å². The zero-order valence-corrected chi connectivity index (χ0v) is 31.9. The Morgan fingerprint density at radius 1 is 0.750 bits per heavy atom. The van der Waals surface area contributed by atoms with E-state index in [1.165, 1.54) is 0 Å². The molecule has 0 atom stereocenters. The number of hydrogen-bond acceptors (Lipinski definition) is 4. The highest BCUT2D eigenvalue weighted by atomic mass is 28.4.